The van der Waals surface area contributed by atoms with Crippen LogP contribution >= 0.6 is 0 Å². The lowest BCUT2D eigenvalue weighted by Gasteiger charge is -2.11. The second-order valence-corrected chi connectivity index (χ2v) is 4.51. The molecule has 2 rings (SSSR count). The molecule has 16 heavy (non-hydrogen) atoms. The van der Waals surface area contributed by atoms with E-state index in [0.717, 1.165) is 12.1 Å². The summed E-state index contributed by atoms with van der Waals surface area (Å²) in [5.74, 6) is 0. The summed E-state index contributed by atoms with van der Waals surface area (Å²) < 4.78 is 0. The van der Waals surface area contributed by atoms with Crippen LogP contribution < -0.4 is 0 Å². The van der Waals surface area contributed by atoms with Gasteiger partial charge >= 0.3 is 0 Å². The van der Waals surface area contributed by atoms with Crippen molar-refractivity contribution >= 4 is 10.9 Å². The average molecular weight is 213 g/mol. The highest BCUT2D eigenvalue weighted by Gasteiger charge is 2.08. The quantitative estimate of drug-likeness (QED) is 0.731. The van der Waals surface area contributed by atoms with Crippen LogP contribution in [0.4, 0.5) is 0 Å². The van der Waals surface area contributed by atoms with Crippen LogP contribution in [0.3, 0.4) is 0 Å². The summed E-state index contributed by atoms with van der Waals surface area (Å²) in [5.41, 5.74) is 6.44. The van der Waals surface area contributed by atoms with Crippen molar-refractivity contribution in [1.29, 1.82) is 0 Å². The smallest absolute Gasteiger partial charge is 0.0739 e. The number of fused-ring (bicyclic) bond motifs is 1. The maximum absolute atomic E-state index is 4.75. The van der Waals surface area contributed by atoms with Crippen molar-refractivity contribution in [2.24, 2.45) is 0 Å². The number of nitrogens with zero attached hydrogens (tertiary/aromatic N) is 1. The molecular weight excluding hydrogens is 194 g/mol. The topological polar surface area (TPSA) is 12.9 Å². The minimum Gasteiger partial charge on any atom is -0.253 e. The summed E-state index contributed by atoms with van der Waals surface area (Å²) in [4.78, 5) is 4.75. The molecule has 0 bridgehead atoms. The number of hydrogen-bond acceptors (Lipinski definition) is 1. The zero-order valence-corrected chi connectivity index (χ0v) is 10.6. The second kappa shape index (κ2) is 4.25. The van der Waals surface area contributed by atoms with Crippen LogP contribution in [0.5, 0.6) is 0 Å². The number of benzene rings is 1. The van der Waals surface area contributed by atoms with Crippen LogP contribution in [0, 0.1) is 20.8 Å². The van der Waals surface area contributed by atoms with E-state index in [9.17, 15) is 0 Å². The fourth-order valence-electron chi connectivity index (χ4n) is 2.22. The highest BCUT2D eigenvalue weighted by atomic mass is 14.7. The predicted molar refractivity (Wildman–Crippen MR) is 69.9 cm³/mol. The molecule has 1 aromatic carbocycles. The fraction of sp³-hybridized carbons (Fsp3) is 0.400. The Morgan fingerprint density at radius 2 is 1.81 bits per heavy atom. The lowest BCUT2D eigenvalue weighted by Crippen LogP contribution is -1.97. The molecule has 1 heteroatoms. The molecule has 0 aliphatic heterocycles. The summed E-state index contributed by atoms with van der Waals surface area (Å²) in [5, 5.41) is 1.31. The first-order chi connectivity index (χ1) is 7.65. The van der Waals surface area contributed by atoms with Gasteiger partial charge in [0.2, 0.25) is 0 Å². The van der Waals surface area contributed by atoms with Gasteiger partial charge in [-0.15, -0.1) is 0 Å². The van der Waals surface area contributed by atoms with Gasteiger partial charge in [0.1, 0.15) is 0 Å². The van der Waals surface area contributed by atoms with Crippen LogP contribution in [0.2, 0.25) is 0 Å². The standard InChI is InChI=1S/C15H19N/c1-5-7-13-8-6-9-14-11(3)10(2)12(4)16-15(13)14/h6,8-9H,5,7H2,1-4H3. The van der Waals surface area contributed by atoms with Crippen molar-refractivity contribution in [3.63, 3.8) is 0 Å². The third-order valence-electron chi connectivity index (χ3n) is 3.43. The number of aryl methyl sites for hydroxylation is 3. The number of rotatable bonds is 2. The summed E-state index contributed by atoms with van der Waals surface area (Å²) in [6.45, 7) is 8.67. The average Bonchev–Trinajstić information content (AvgIpc) is 2.28. The third kappa shape index (κ3) is 1.71. The number of aromatic nitrogens is 1. The van der Waals surface area contributed by atoms with Crippen molar-refractivity contribution < 1.29 is 0 Å². The van der Waals surface area contributed by atoms with Gasteiger partial charge in [-0.05, 0) is 43.9 Å². The van der Waals surface area contributed by atoms with Crippen LogP contribution in [-0.2, 0) is 6.42 Å². The first-order valence-electron chi connectivity index (χ1n) is 6.00. The van der Waals surface area contributed by atoms with E-state index in [0.29, 0.717) is 0 Å². The molecule has 0 saturated heterocycles. The van der Waals surface area contributed by atoms with Gasteiger partial charge in [0, 0.05) is 11.1 Å². The minimum atomic E-state index is 1.12. The maximum atomic E-state index is 4.75. The molecule has 0 aliphatic carbocycles. The zero-order valence-electron chi connectivity index (χ0n) is 10.6. The highest BCUT2D eigenvalue weighted by molar-refractivity contribution is 5.86. The number of para-hydroxylation sites is 1. The van der Waals surface area contributed by atoms with Crippen LogP contribution in [-0.4, -0.2) is 4.98 Å². The molecule has 0 spiro atoms. The Bertz CT molecular complexity index is 526. The normalized spacial score (nSPS) is 11.0. The van der Waals surface area contributed by atoms with E-state index in [1.807, 2.05) is 0 Å². The molecule has 1 aromatic heterocycles. The van der Waals surface area contributed by atoms with Crippen molar-refractivity contribution in [2.75, 3.05) is 0 Å². The number of pyridine rings is 1. The second-order valence-electron chi connectivity index (χ2n) is 4.51. The van der Waals surface area contributed by atoms with Crippen LogP contribution in [0.15, 0.2) is 18.2 Å². The molecule has 2 aromatic rings. The zero-order chi connectivity index (χ0) is 11.7. The molecule has 1 heterocycles. The van der Waals surface area contributed by atoms with E-state index in [2.05, 4.69) is 45.9 Å². The van der Waals surface area contributed by atoms with E-state index in [4.69, 9.17) is 4.98 Å². The van der Waals surface area contributed by atoms with Crippen molar-refractivity contribution in [2.45, 2.75) is 40.5 Å². The Morgan fingerprint density at radius 3 is 2.50 bits per heavy atom. The Balaban J connectivity index is 2.78. The Hall–Kier alpha value is -1.37. The third-order valence-corrected chi connectivity index (χ3v) is 3.43. The molecule has 0 fully saturated rings. The summed E-state index contributed by atoms with van der Waals surface area (Å²) in [6.07, 6.45) is 2.29. The molecular formula is C15H19N. The van der Waals surface area contributed by atoms with Crippen LogP contribution in [0.25, 0.3) is 10.9 Å². The van der Waals surface area contributed by atoms with E-state index in [-0.39, 0.29) is 0 Å². The SMILES string of the molecule is CCCc1cccc2c(C)c(C)c(C)nc12. The molecule has 0 radical (unpaired) electrons. The van der Waals surface area contributed by atoms with Gasteiger partial charge in [-0.25, -0.2) is 0 Å². The summed E-state index contributed by atoms with van der Waals surface area (Å²) >= 11 is 0. The van der Waals surface area contributed by atoms with E-state index in [1.165, 1.54) is 34.0 Å². The minimum absolute atomic E-state index is 1.12. The van der Waals surface area contributed by atoms with Crippen molar-refractivity contribution in [3.8, 4) is 0 Å². The molecule has 0 aliphatic rings. The van der Waals surface area contributed by atoms with Crippen LogP contribution in [0.1, 0.15) is 35.7 Å². The Labute approximate surface area is 97.5 Å². The molecule has 0 saturated carbocycles. The predicted octanol–water partition coefficient (Wildman–Crippen LogP) is 4.11. The van der Waals surface area contributed by atoms with Gasteiger partial charge in [0.15, 0.2) is 0 Å². The summed E-state index contributed by atoms with van der Waals surface area (Å²) in [7, 11) is 0. The maximum Gasteiger partial charge on any atom is 0.0739 e. The van der Waals surface area contributed by atoms with Gasteiger partial charge in [-0.1, -0.05) is 31.5 Å². The van der Waals surface area contributed by atoms with E-state index < -0.39 is 0 Å². The van der Waals surface area contributed by atoms with Crippen molar-refractivity contribution in [3.05, 3.63) is 40.6 Å². The number of hydrogen-bond donors (Lipinski definition) is 0. The van der Waals surface area contributed by atoms with Crippen molar-refractivity contribution in [1.82, 2.24) is 4.98 Å². The van der Waals surface area contributed by atoms with Gasteiger partial charge in [0.25, 0.3) is 0 Å². The Morgan fingerprint density at radius 1 is 1.06 bits per heavy atom. The molecule has 0 atom stereocenters. The van der Waals surface area contributed by atoms with Gasteiger partial charge in [0.05, 0.1) is 5.52 Å². The molecule has 0 unspecified atom stereocenters. The highest BCUT2D eigenvalue weighted by Crippen LogP contribution is 2.25. The molecule has 1 nitrogen and oxygen atoms in total. The van der Waals surface area contributed by atoms with Gasteiger partial charge < -0.3 is 0 Å². The largest absolute Gasteiger partial charge is 0.253 e. The first kappa shape index (κ1) is 11.1. The molecule has 0 amide bonds. The van der Waals surface area contributed by atoms with Gasteiger partial charge in [-0.2, -0.15) is 0 Å². The molecule has 84 valence electrons. The summed E-state index contributed by atoms with van der Waals surface area (Å²) in [6, 6.07) is 6.53. The van der Waals surface area contributed by atoms with E-state index in [1.54, 1.807) is 0 Å². The molecule has 0 N–H and O–H groups in total. The fourth-order valence-corrected chi connectivity index (χ4v) is 2.22. The lowest BCUT2D eigenvalue weighted by atomic mass is 9.99. The first-order valence-corrected chi connectivity index (χ1v) is 6.00. The Kier molecular flexibility index (Phi) is 2.95. The monoisotopic (exact) mass is 213 g/mol. The van der Waals surface area contributed by atoms with Gasteiger partial charge in [-0.3, -0.25) is 4.98 Å². The lowest BCUT2D eigenvalue weighted by molar-refractivity contribution is 0.925. The van der Waals surface area contributed by atoms with E-state index >= 15 is 0 Å².